The van der Waals surface area contributed by atoms with E-state index in [1.165, 1.54) is 12.1 Å². The van der Waals surface area contributed by atoms with Crippen LogP contribution in [0.5, 0.6) is 5.75 Å². The molecule has 2 aromatic carbocycles. The van der Waals surface area contributed by atoms with Crippen LogP contribution in [0.3, 0.4) is 0 Å². The normalized spacial score (nSPS) is 10.6. The molecule has 0 saturated carbocycles. The molecule has 0 radical (unpaired) electrons. The highest BCUT2D eigenvalue weighted by Gasteiger charge is 2.17. The van der Waals surface area contributed by atoms with Crippen LogP contribution in [0.2, 0.25) is 5.02 Å². The van der Waals surface area contributed by atoms with Gasteiger partial charge in [0.2, 0.25) is 0 Å². The van der Waals surface area contributed by atoms with Crippen molar-refractivity contribution in [3.05, 3.63) is 70.0 Å². The number of carbonyl (C=O) groups is 2. The van der Waals surface area contributed by atoms with Gasteiger partial charge in [-0.05, 0) is 51.1 Å². The fourth-order valence-electron chi connectivity index (χ4n) is 2.90. The standard InChI is InChI=1S/C21H21ClN4O3/c1-12-4-7-16(8-5-12)26-14(3)20(13(2)25-26)24-19(27)11-29-18-9-6-15(22)10-17(18)21(23)28/h4-10H,11H2,1-3H3,(H2,23,28)(H,24,27). The molecule has 8 heteroatoms. The van der Waals surface area contributed by atoms with Crippen LogP contribution in [0, 0.1) is 20.8 Å². The average Bonchev–Trinajstić information content (AvgIpc) is 2.95. The van der Waals surface area contributed by atoms with Crippen LogP contribution in [0.15, 0.2) is 42.5 Å². The number of carbonyl (C=O) groups excluding carboxylic acids is 2. The van der Waals surface area contributed by atoms with Gasteiger partial charge in [0.15, 0.2) is 6.61 Å². The van der Waals surface area contributed by atoms with Crippen LogP contribution in [-0.4, -0.2) is 28.2 Å². The summed E-state index contributed by atoms with van der Waals surface area (Å²) in [6.07, 6.45) is 0. The molecule has 0 aliphatic rings. The third-order valence-electron chi connectivity index (χ3n) is 4.40. The van der Waals surface area contributed by atoms with Crippen molar-refractivity contribution in [1.82, 2.24) is 9.78 Å². The smallest absolute Gasteiger partial charge is 0.262 e. The zero-order valence-corrected chi connectivity index (χ0v) is 17.1. The minimum Gasteiger partial charge on any atom is -0.483 e. The molecule has 150 valence electrons. The predicted octanol–water partition coefficient (Wildman–Crippen LogP) is 3.57. The van der Waals surface area contributed by atoms with Crippen molar-refractivity contribution >= 4 is 29.1 Å². The zero-order chi connectivity index (χ0) is 21.1. The van der Waals surface area contributed by atoms with Crippen LogP contribution < -0.4 is 15.8 Å². The molecule has 0 aliphatic carbocycles. The first kappa shape index (κ1) is 20.4. The molecule has 0 bridgehead atoms. The Kier molecular flexibility index (Phi) is 5.89. The number of rotatable bonds is 6. The van der Waals surface area contributed by atoms with Crippen LogP contribution in [0.25, 0.3) is 5.69 Å². The molecule has 2 amide bonds. The van der Waals surface area contributed by atoms with Gasteiger partial charge in [0.05, 0.1) is 28.3 Å². The summed E-state index contributed by atoms with van der Waals surface area (Å²) >= 11 is 5.88. The lowest BCUT2D eigenvalue weighted by molar-refractivity contribution is -0.118. The first-order valence-electron chi connectivity index (χ1n) is 8.91. The monoisotopic (exact) mass is 412 g/mol. The number of aromatic nitrogens is 2. The third-order valence-corrected chi connectivity index (χ3v) is 4.64. The van der Waals surface area contributed by atoms with Gasteiger partial charge in [-0.2, -0.15) is 5.10 Å². The number of hydrogen-bond donors (Lipinski definition) is 2. The van der Waals surface area contributed by atoms with Gasteiger partial charge in [0, 0.05) is 5.02 Å². The minimum absolute atomic E-state index is 0.116. The third kappa shape index (κ3) is 4.57. The van der Waals surface area contributed by atoms with Gasteiger partial charge in [-0.3, -0.25) is 9.59 Å². The lowest BCUT2D eigenvalue weighted by atomic mass is 10.2. The summed E-state index contributed by atoms with van der Waals surface area (Å²) in [6, 6.07) is 12.4. The number of ether oxygens (including phenoxy) is 1. The molecule has 1 heterocycles. The number of benzene rings is 2. The van der Waals surface area contributed by atoms with E-state index >= 15 is 0 Å². The Labute approximate surface area is 173 Å². The zero-order valence-electron chi connectivity index (χ0n) is 16.3. The van der Waals surface area contributed by atoms with E-state index < -0.39 is 5.91 Å². The number of hydrogen-bond acceptors (Lipinski definition) is 4. The number of anilines is 1. The van der Waals surface area contributed by atoms with E-state index in [1.54, 1.807) is 10.7 Å². The Bertz CT molecular complexity index is 1070. The maximum atomic E-state index is 12.4. The van der Waals surface area contributed by atoms with E-state index in [9.17, 15) is 9.59 Å². The molecule has 0 saturated heterocycles. The van der Waals surface area contributed by atoms with Gasteiger partial charge in [-0.15, -0.1) is 0 Å². The SMILES string of the molecule is Cc1ccc(-n2nc(C)c(NC(=O)COc3ccc(Cl)cc3C(N)=O)c2C)cc1. The predicted molar refractivity (Wildman–Crippen MR) is 112 cm³/mol. The molecule has 1 aromatic heterocycles. The second kappa shape index (κ2) is 8.36. The number of nitrogens with two attached hydrogens (primary N) is 1. The Morgan fingerprint density at radius 2 is 1.83 bits per heavy atom. The van der Waals surface area contributed by atoms with Crippen LogP contribution in [0.4, 0.5) is 5.69 Å². The van der Waals surface area contributed by atoms with E-state index in [0.717, 1.165) is 16.9 Å². The van der Waals surface area contributed by atoms with Crippen LogP contribution in [-0.2, 0) is 4.79 Å². The summed E-state index contributed by atoms with van der Waals surface area (Å²) in [6.45, 7) is 5.41. The van der Waals surface area contributed by atoms with E-state index in [4.69, 9.17) is 22.1 Å². The second-order valence-corrected chi connectivity index (χ2v) is 7.07. The van der Waals surface area contributed by atoms with E-state index in [2.05, 4.69) is 10.4 Å². The van der Waals surface area contributed by atoms with Crippen molar-refractivity contribution in [1.29, 1.82) is 0 Å². The van der Waals surface area contributed by atoms with E-state index in [-0.39, 0.29) is 23.8 Å². The van der Waals surface area contributed by atoms with Crippen molar-refractivity contribution in [2.45, 2.75) is 20.8 Å². The van der Waals surface area contributed by atoms with Crippen molar-refractivity contribution in [2.24, 2.45) is 5.73 Å². The number of halogens is 1. The number of aryl methyl sites for hydroxylation is 2. The number of primary amides is 1. The number of nitrogens with zero attached hydrogens (tertiary/aromatic N) is 2. The second-order valence-electron chi connectivity index (χ2n) is 6.63. The molecule has 0 spiro atoms. The first-order valence-corrected chi connectivity index (χ1v) is 9.29. The Morgan fingerprint density at radius 1 is 1.14 bits per heavy atom. The summed E-state index contributed by atoms with van der Waals surface area (Å²) in [7, 11) is 0. The highest BCUT2D eigenvalue weighted by Crippen LogP contribution is 2.24. The molecule has 0 aliphatic heterocycles. The molecule has 29 heavy (non-hydrogen) atoms. The average molecular weight is 413 g/mol. The largest absolute Gasteiger partial charge is 0.483 e. The molecule has 7 nitrogen and oxygen atoms in total. The molecule has 0 fully saturated rings. The first-order chi connectivity index (χ1) is 13.8. The summed E-state index contributed by atoms with van der Waals surface area (Å²) < 4.78 is 7.25. The van der Waals surface area contributed by atoms with Crippen LogP contribution in [0.1, 0.15) is 27.3 Å². The summed E-state index contributed by atoms with van der Waals surface area (Å²) in [5.41, 5.74) is 9.59. The van der Waals surface area contributed by atoms with Gasteiger partial charge >= 0.3 is 0 Å². The molecule has 3 aromatic rings. The quantitative estimate of drug-likeness (QED) is 0.646. The maximum Gasteiger partial charge on any atom is 0.262 e. The molecule has 3 rings (SSSR count). The van der Waals surface area contributed by atoms with Crippen molar-refractivity contribution in [3.63, 3.8) is 0 Å². The molecule has 0 atom stereocenters. The number of nitrogens with one attached hydrogen (secondary N) is 1. The summed E-state index contributed by atoms with van der Waals surface area (Å²) in [5, 5.41) is 7.69. The van der Waals surface area contributed by atoms with Gasteiger partial charge in [0.25, 0.3) is 11.8 Å². The lowest BCUT2D eigenvalue weighted by Gasteiger charge is -2.11. The van der Waals surface area contributed by atoms with E-state index in [0.29, 0.717) is 16.4 Å². The van der Waals surface area contributed by atoms with Crippen molar-refractivity contribution in [2.75, 3.05) is 11.9 Å². The van der Waals surface area contributed by atoms with Gasteiger partial charge in [-0.25, -0.2) is 4.68 Å². The van der Waals surface area contributed by atoms with Gasteiger partial charge < -0.3 is 15.8 Å². The summed E-state index contributed by atoms with van der Waals surface area (Å²) in [4.78, 5) is 23.9. The number of amides is 2. The molecular weight excluding hydrogens is 392 g/mol. The van der Waals surface area contributed by atoms with Gasteiger partial charge in [-0.1, -0.05) is 29.3 Å². The Hall–Kier alpha value is -3.32. The maximum absolute atomic E-state index is 12.4. The molecule has 0 unspecified atom stereocenters. The lowest BCUT2D eigenvalue weighted by Crippen LogP contribution is -2.22. The fourth-order valence-corrected chi connectivity index (χ4v) is 3.07. The Balaban J connectivity index is 1.73. The molecule has 3 N–H and O–H groups in total. The van der Waals surface area contributed by atoms with Crippen LogP contribution >= 0.6 is 11.6 Å². The van der Waals surface area contributed by atoms with Gasteiger partial charge in [0.1, 0.15) is 5.75 Å². The highest BCUT2D eigenvalue weighted by molar-refractivity contribution is 6.31. The van der Waals surface area contributed by atoms with E-state index in [1.807, 2.05) is 45.0 Å². The molecular formula is C21H21ClN4O3. The van der Waals surface area contributed by atoms with Crippen molar-refractivity contribution < 1.29 is 14.3 Å². The minimum atomic E-state index is -0.686. The highest BCUT2D eigenvalue weighted by atomic mass is 35.5. The Morgan fingerprint density at radius 3 is 2.48 bits per heavy atom. The fraction of sp³-hybridized carbons (Fsp3) is 0.190. The topological polar surface area (TPSA) is 99.2 Å². The summed E-state index contributed by atoms with van der Waals surface area (Å²) in [5.74, 6) is -0.875. The van der Waals surface area contributed by atoms with Crippen molar-refractivity contribution in [3.8, 4) is 11.4 Å².